The summed E-state index contributed by atoms with van der Waals surface area (Å²) >= 11 is 3.38. The molecular weight excluding hydrogens is 344 g/mol. The Morgan fingerprint density at radius 3 is 2.82 bits per heavy atom. The Kier molecular flexibility index (Phi) is 5.63. The van der Waals surface area contributed by atoms with Crippen molar-refractivity contribution in [2.24, 2.45) is 0 Å². The summed E-state index contributed by atoms with van der Waals surface area (Å²) in [6.07, 6.45) is 8.72. The molecule has 0 N–H and O–H groups in total. The minimum Gasteiger partial charge on any atom is -0.480 e. The van der Waals surface area contributed by atoms with Crippen LogP contribution in [0.15, 0.2) is 28.2 Å². The van der Waals surface area contributed by atoms with Crippen LogP contribution in [0.1, 0.15) is 18.4 Å². The number of halogens is 1. The van der Waals surface area contributed by atoms with Gasteiger partial charge in [-0.1, -0.05) is 21.9 Å². The normalized spacial score (nSPS) is 14.3. The van der Waals surface area contributed by atoms with Crippen LogP contribution in [0.4, 0.5) is 0 Å². The summed E-state index contributed by atoms with van der Waals surface area (Å²) in [5, 5.41) is 9.30. The lowest BCUT2D eigenvalue weighted by Gasteiger charge is -2.14. The molecule has 1 aromatic carbocycles. The van der Waals surface area contributed by atoms with Crippen LogP contribution in [-0.4, -0.2) is 30.5 Å². The van der Waals surface area contributed by atoms with Crippen molar-refractivity contribution in [3.05, 3.63) is 33.8 Å². The summed E-state index contributed by atoms with van der Waals surface area (Å²) in [4.78, 5) is 14.0. The lowest BCUT2D eigenvalue weighted by atomic mass is 10.1. The van der Waals surface area contributed by atoms with Crippen LogP contribution in [0.2, 0.25) is 0 Å². The fraction of sp³-hybridized carbons (Fsp3) is 0.294. The van der Waals surface area contributed by atoms with E-state index >= 15 is 0 Å². The Labute approximate surface area is 138 Å². The molecule has 4 nitrogen and oxygen atoms in total. The number of benzene rings is 1. The van der Waals surface area contributed by atoms with E-state index in [9.17, 15) is 10.1 Å². The summed E-state index contributed by atoms with van der Waals surface area (Å²) in [5.74, 6) is 2.71. The zero-order valence-corrected chi connectivity index (χ0v) is 13.6. The van der Waals surface area contributed by atoms with E-state index in [1.165, 1.54) is 0 Å². The number of amides is 1. The van der Waals surface area contributed by atoms with Crippen LogP contribution >= 0.6 is 15.9 Å². The highest BCUT2D eigenvalue weighted by Gasteiger charge is 2.21. The summed E-state index contributed by atoms with van der Waals surface area (Å²) in [7, 11) is 0. The molecular formula is C17H15BrN2O2. The summed E-state index contributed by atoms with van der Waals surface area (Å²) < 4.78 is 6.29. The molecule has 0 atom stereocenters. The topological polar surface area (TPSA) is 53.3 Å². The Morgan fingerprint density at radius 2 is 2.18 bits per heavy atom. The molecule has 1 aliphatic rings. The van der Waals surface area contributed by atoms with E-state index in [-0.39, 0.29) is 18.1 Å². The average molecular weight is 359 g/mol. The first-order valence-corrected chi connectivity index (χ1v) is 7.72. The second-order valence-electron chi connectivity index (χ2n) is 4.84. The van der Waals surface area contributed by atoms with E-state index < -0.39 is 0 Å². The van der Waals surface area contributed by atoms with Gasteiger partial charge in [0.15, 0.2) is 0 Å². The summed E-state index contributed by atoms with van der Waals surface area (Å²) in [5.41, 5.74) is 0.749. The van der Waals surface area contributed by atoms with E-state index in [0.29, 0.717) is 24.4 Å². The maximum Gasteiger partial charge on any atom is 0.264 e. The van der Waals surface area contributed by atoms with Crippen molar-refractivity contribution in [3.8, 4) is 24.2 Å². The lowest BCUT2D eigenvalue weighted by molar-refractivity contribution is -0.125. The van der Waals surface area contributed by atoms with Gasteiger partial charge in [0.05, 0.1) is 0 Å². The van der Waals surface area contributed by atoms with Crippen molar-refractivity contribution >= 4 is 27.9 Å². The molecule has 22 heavy (non-hydrogen) atoms. The number of hydrogen-bond acceptors (Lipinski definition) is 3. The molecule has 0 radical (unpaired) electrons. The molecule has 1 amide bonds. The Morgan fingerprint density at radius 1 is 1.45 bits per heavy atom. The number of rotatable bonds is 4. The number of carbonyl (C=O) groups excluding carboxylic acids is 1. The first-order chi connectivity index (χ1) is 10.7. The van der Waals surface area contributed by atoms with E-state index in [1.54, 1.807) is 23.1 Å². The molecule has 5 heteroatoms. The molecule has 0 saturated carbocycles. The van der Waals surface area contributed by atoms with Crippen LogP contribution in [0, 0.1) is 23.7 Å². The molecule has 0 unspecified atom stereocenters. The maximum atomic E-state index is 12.3. The van der Waals surface area contributed by atoms with Crippen molar-refractivity contribution in [1.82, 2.24) is 4.90 Å². The zero-order chi connectivity index (χ0) is 15.9. The van der Waals surface area contributed by atoms with Gasteiger partial charge in [0.1, 0.15) is 24.0 Å². The zero-order valence-electron chi connectivity index (χ0n) is 12.0. The second-order valence-corrected chi connectivity index (χ2v) is 5.76. The van der Waals surface area contributed by atoms with Crippen molar-refractivity contribution in [2.45, 2.75) is 12.8 Å². The highest BCUT2D eigenvalue weighted by molar-refractivity contribution is 9.10. The van der Waals surface area contributed by atoms with Crippen LogP contribution < -0.4 is 4.74 Å². The van der Waals surface area contributed by atoms with Gasteiger partial charge < -0.3 is 9.64 Å². The number of terminal acetylenes is 1. The van der Waals surface area contributed by atoms with Gasteiger partial charge in [0.25, 0.3) is 5.91 Å². The van der Waals surface area contributed by atoms with E-state index in [2.05, 4.69) is 21.9 Å². The van der Waals surface area contributed by atoms with Gasteiger partial charge >= 0.3 is 0 Å². The minimum atomic E-state index is -0.233. The SMILES string of the molecule is C#CCOc1ccc(Br)cc1/C=C(\C#N)C(=O)N1CCCC1. The second kappa shape index (κ2) is 7.68. The Bertz CT molecular complexity index is 677. The van der Waals surface area contributed by atoms with Gasteiger partial charge in [0.2, 0.25) is 0 Å². The number of ether oxygens (including phenoxy) is 1. The smallest absolute Gasteiger partial charge is 0.264 e. The van der Waals surface area contributed by atoms with E-state index in [4.69, 9.17) is 11.2 Å². The predicted octanol–water partition coefficient (Wildman–Crippen LogP) is 2.99. The fourth-order valence-corrected chi connectivity index (χ4v) is 2.65. The van der Waals surface area contributed by atoms with Gasteiger partial charge in [-0.15, -0.1) is 6.42 Å². The number of hydrogen-bond donors (Lipinski definition) is 0. The van der Waals surface area contributed by atoms with Crippen molar-refractivity contribution in [1.29, 1.82) is 5.26 Å². The first-order valence-electron chi connectivity index (χ1n) is 6.92. The molecule has 0 spiro atoms. The van der Waals surface area contributed by atoms with E-state index in [0.717, 1.165) is 17.3 Å². The van der Waals surface area contributed by atoms with Gasteiger partial charge in [-0.05, 0) is 37.1 Å². The average Bonchev–Trinajstić information content (AvgIpc) is 3.05. The van der Waals surface area contributed by atoms with Gasteiger partial charge in [-0.3, -0.25) is 4.79 Å². The predicted molar refractivity (Wildman–Crippen MR) is 87.9 cm³/mol. The largest absolute Gasteiger partial charge is 0.480 e. The third-order valence-corrected chi connectivity index (χ3v) is 3.82. The number of carbonyl (C=O) groups is 1. The molecule has 1 aliphatic heterocycles. The van der Waals surface area contributed by atoms with Gasteiger partial charge in [0, 0.05) is 23.1 Å². The highest BCUT2D eigenvalue weighted by Crippen LogP contribution is 2.26. The standard InChI is InChI=1S/C17H15BrN2O2/c1-2-9-22-16-6-5-15(18)11-13(16)10-14(12-19)17(21)20-7-3-4-8-20/h1,5-6,10-11H,3-4,7-9H2/b14-10+. The molecule has 1 heterocycles. The summed E-state index contributed by atoms with van der Waals surface area (Å²) in [6, 6.07) is 7.35. The number of nitrogens with zero attached hydrogens (tertiary/aromatic N) is 2. The van der Waals surface area contributed by atoms with Gasteiger partial charge in [-0.2, -0.15) is 5.26 Å². The molecule has 2 rings (SSSR count). The van der Waals surface area contributed by atoms with Gasteiger partial charge in [-0.25, -0.2) is 0 Å². The third kappa shape index (κ3) is 3.90. The molecule has 1 fully saturated rings. The van der Waals surface area contributed by atoms with Crippen LogP contribution in [0.5, 0.6) is 5.75 Å². The van der Waals surface area contributed by atoms with Crippen molar-refractivity contribution < 1.29 is 9.53 Å². The molecule has 1 saturated heterocycles. The first kappa shape index (κ1) is 16.1. The fourth-order valence-electron chi connectivity index (χ4n) is 2.27. The van der Waals surface area contributed by atoms with E-state index in [1.807, 2.05) is 12.1 Å². The molecule has 112 valence electrons. The minimum absolute atomic E-state index is 0.102. The quantitative estimate of drug-likeness (QED) is 0.472. The number of nitriles is 1. The molecule has 0 aromatic heterocycles. The van der Waals surface area contributed by atoms with Crippen LogP contribution in [-0.2, 0) is 4.79 Å². The van der Waals surface area contributed by atoms with Crippen molar-refractivity contribution in [3.63, 3.8) is 0 Å². The van der Waals surface area contributed by atoms with Crippen LogP contribution in [0.3, 0.4) is 0 Å². The molecule has 0 bridgehead atoms. The highest BCUT2D eigenvalue weighted by atomic mass is 79.9. The Balaban J connectivity index is 2.32. The summed E-state index contributed by atoms with van der Waals surface area (Å²) in [6.45, 7) is 1.54. The Hall–Kier alpha value is -2.24. The third-order valence-electron chi connectivity index (χ3n) is 3.33. The van der Waals surface area contributed by atoms with Crippen LogP contribution in [0.25, 0.3) is 6.08 Å². The lowest BCUT2D eigenvalue weighted by Crippen LogP contribution is -2.28. The molecule has 0 aliphatic carbocycles. The monoisotopic (exact) mass is 358 g/mol. The molecule has 1 aromatic rings. The number of likely N-dealkylation sites (tertiary alicyclic amines) is 1. The maximum absolute atomic E-state index is 12.3. The van der Waals surface area contributed by atoms with Crippen molar-refractivity contribution in [2.75, 3.05) is 19.7 Å².